The summed E-state index contributed by atoms with van der Waals surface area (Å²) in [5, 5.41) is 10.7. The average molecular weight is 707 g/mol. The smallest absolute Gasteiger partial charge is 0.00132 e. The van der Waals surface area contributed by atoms with Crippen LogP contribution >= 0.6 is 0 Å². The number of hydrogen-bond donors (Lipinski definition) is 0. The molecule has 0 N–H and O–H groups in total. The van der Waals surface area contributed by atoms with Crippen molar-refractivity contribution in [2.45, 2.75) is 61.8 Å². The number of rotatable bonds is 3. The van der Waals surface area contributed by atoms with Crippen molar-refractivity contribution >= 4 is 43.1 Å². The fourth-order valence-corrected chi connectivity index (χ4v) is 10.3. The Hall–Kier alpha value is -5.98. The van der Waals surface area contributed by atoms with Gasteiger partial charge in [-0.1, -0.05) is 121 Å². The quantitative estimate of drug-likeness (QED) is 0.160. The molecule has 9 aromatic rings. The molecule has 0 bridgehead atoms. The van der Waals surface area contributed by atoms with Crippen LogP contribution in [0.5, 0.6) is 0 Å². The van der Waals surface area contributed by atoms with Gasteiger partial charge in [0.15, 0.2) is 0 Å². The summed E-state index contributed by atoms with van der Waals surface area (Å²) < 4.78 is 0. The molecule has 0 unspecified atom stereocenters. The summed E-state index contributed by atoms with van der Waals surface area (Å²) in [6, 6.07) is 45.6. The number of benzene rings is 9. The molecule has 0 saturated heterocycles. The van der Waals surface area contributed by atoms with Gasteiger partial charge in [-0.05, 0) is 205 Å². The van der Waals surface area contributed by atoms with Gasteiger partial charge in [-0.25, -0.2) is 0 Å². The number of hydrogen-bond acceptors (Lipinski definition) is 0. The lowest BCUT2D eigenvalue weighted by Gasteiger charge is -2.28. The largest absolute Gasteiger partial charge is 0.0619 e. The van der Waals surface area contributed by atoms with E-state index < -0.39 is 0 Å². The minimum Gasteiger partial charge on any atom is -0.0619 e. The Bertz CT molecular complexity index is 3050. The zero-order valence-electron chi connectivity index (χ0n) is 33.3. The SMILES string of the molecule is Cc1c(C)c(C)c2c(-c3ccc(-c4cccc5ccccc45)c4ccccc34)c3c(C)c(C)c(C)c(C)c3c(-c3cccc4c3-c3ccccc3C4)c2c1C. The Morgan fingerprint density at radius 3 is 1.31 bits per heavy atom. The van der Waals surface area contributed by atoms with Crippen molar-refractivity contribution < 1.29 is 0 Å². The third kappa shape index (κ3) is 4.64. The molecular formula is C55H46. The summed E-state index contributed by atoms with van der Waals surface area (Å²) in [5.74, 6) is 0. The predicted molar refractivity (Wildman–Crippen MR) is 239 cm³/mol. The molecule has 266 valence electrons. The highest BCUT2D eigenvalue weighted by molar-refractivity contribution is 6.28. The van der Waals surface area contributed by atoms with E-state index in [1.165, 1.54) is 143 Å². The molecule has 0 radical (unpaired) electrons. The highest BCUT2D eigenvalue weighted by atomic mass is 14.3. The molecule has 1 aliphatic rings. The maximum absolute atomic E-state index is 2.44. The second-order valence-corrected chi connectivity index (χ2v) is 16.2. The summed E-state index contributed by atoms with van der Waals surface area (Å²) in [5.41, 5.74) is 24.7. The van der Waals surface area contributed by atoms with Crippen LogP contribution in [0.25, 0.3) is 87.6 Å². The van der Waals surface area contributed by atoms with E-state index in [1.807, 2.05) is 0 Å². The van der Waals surface area contributed by atoms with Crippen LogP contribution in [0.3, 0.4) is 0 Å². The van der Waals surface area contributed by atoms with Crippen molar-refractivity contribution in [1.29, 1.82) is 0 Å². The Morgan fingerprint density at radius 1 is 0.273 bits per heavy atom. The van der Waals surface area contributed by atoms with Crippen molar-refractivity contribution in [2.75, 3.05) is 0 Å². The third-order valence-corrected chi connectivity index (χ3v) is 13.7. The van der Waals surface area contributed by atoms with E-state index in [4.69, 9.17) is 0 Å². The Morgan fingerprint density at radius 2 is 0.673 bits per heavy atom. The van der Waals surface area contributed by atoms with E-state index in [9.17, 15) is 0 Å². The fraction of sp³-hybridized carbons (Fsp3) is 0.164. The molecule has 0 atom stereocenters. The van der Waals surface area contributed by atoms with Crippen LogP contribution in [0.4, 0.5) is 0 Å². The van der Waals surface area contributed by atoms with Gasteiger partial charge in [0.2, 0.25) is 0 Å². The van der Waals surface area contributed by atoms with Gasteiger partial charge < -0.3 is 0 Å². The molecule has 0 aromatic heterocycles. The average Bonchev–Trinajstić information content (AvgIpc) is 3.61. The molecule has 1 aliphatic carbocycles. The van der Waals surface area contributed by atoms with Gasteiger partial charge >= 0.3 is 0 Å². The maximum atomic E-state index is 2.44. The normalized spacial score (nSPS) is 12.3. The zero-order chi connectivity index (χ0) is 37.9. The highest BCUT2D eigenvalue weighted by Gasteiger charge is 2.30. The molecule has 0 nitrogen and oxygen atoms in total. The van der Waals surface area contributed by atoms with Crippen LogP contribution in [0, 0.1) is 55.4 Å². The molecular weight excluding hydrogens is 661 g/mol. The molecule has 0 spiro atoms. The van der Waals surface area contributed by atoms with E-state index in [-0.39, 0.29) is 0 Å². The van der Waals surface area contributed by atoms with Crippen LogP contribution in [-0.4, -0.2) is 0 Å². The van der Waals surface area contributed by atoms with Gasteiger partial charge in [0.05, 0.1) is 0 Å². The second-order valence-electron chi connectivity index (χ2n) is 16.2. The summed E-state index contributed by atoms with van der Waals surface area (Å²) in [6.45, 7) is 18.9. The standard InChI is InChI=1S/C55H46/c1-30-32(3)36(7)51-49(34(30)5)54(47-28-27-46(44-23-13-14-24-45(44)47)43-25-15-19-38-17-9-11-21-41(38)43)50-35(6)31(2)33(4)37(8)52(50)55(51)48-26-16-20-40-29-39-18-10-12-22-42(39)53(40)48/h9-28H,29H2,1-8H3. The maximum Gasteiger partial charge on any atom is -0.00132 e. The van der Waals surface area contributed by atoms with Crippen molar-refractivity contribution in [3.63, 3.8) is 0 Å². The first kappa shape index (κ1) is 33.6. The summed E-state index contributed by atoms with van der Waals surface area (Å²) >= 11 is 0. The van der Waals surface area contributed by atoms with Crippen LogP contribution in [0.15, 0.2) is 121 Å². The minimum absolute atomic E-state index is 0.981. The highest BCUT2D eigenvalue weighted by Crippen LogP contribution is 2.54. The molecule has 10 rings (SSSR count). The van der Waals surface area contributed by atoms with Gasteiger partial charge in [0.1, 0.15) is 0 Å². The van der Waals surface area contributed by atoms with Crippen molar-refractivity contribution in [1.82, 2.24) is 0 Å². The van der Waals surface area contributed by atoms with E-state index in [1.54, 1.807) is 0 Å². The molecule has 0 heterocycles. The zero-order valence-corrected chi connectivity index (χ0v) is 33.3. The Balaban J connectivity index is 1.43. The first-order valence-electron chi connectivity index (χ1n) is 19.8. The lowest BCUT2D eigenvalue weighted by molar-refractivity contribution is 1.24. The van der Waals surface area contributed by atoms with Gasteiger partial charge in [0.25, 0.3) is 0 Å². The summed E-state index contributed by atoms with van der Waals surface area (Å²) in [6.07, 6.45) is 0.981. The molecule has 9 aromatic carbocycles. The Kier molecular flexibility index (Phi) is 7.49. The van der Waals surface area contributed by atoms with Gasteiger partial charge in [-0.2, -0.15) is 0 Å². The van der Waals surface area contributed by atoms with E-state index in [0.29, 0.717) is 0 Å². The molecule has 0 fully saturated rings. The minimum atomic E-state index is 0.981. The van der Waals surface area contributed by atoms with Gasteiger partial charge in [-0.3, -0.25) is 0 Å². The number of aryl methyl sites for hydroxylation is 4. The number of fused-ring (bicyclic) bond motifs is 7. The second kappa shape index (κ2) is 12.3. The molecule has 0 heteroatoms. The Labute approximate surface area is 325 Å². The van der Waals surface area contributed by atoms with Gasteiger partial charge in [-0.15, -0.1) is 0 Å². The predicted octanol–water partition coefficient (Wildman–Crippen LogP) is 15.3. The van der Waals surface area contributed by atoms with E-state index >= 15 is 0 Å². The fourth-order valence-electron chi connectivity index (χ4n) is 10.3. The topological polar surface area (TPSA) is 0 Å². The molecule has 0 amide bonds. The molecule has 0 aliphatic heterocycles. The first-order valence-corrected chi connectivity index (χ1v) is 19.8. The monoisotopic (exact) mass is 706 g/mol. The lowest BCUT2D eigenvalue weighted by atomic mass is 9.75. The van der Waals surface area contributed by atoms with Gasteiger partial charge in [0, 0.05) is 0 Å². The van der Waals surface area contributed by atoms with Crippen molar-refractivity contribution in [2.24, 2.45) is 0 Å². The molecule has 55 heavy (non-hydrogen) atoms. The van der Waals surface area contributed by atoms with E-state index in [2.05, 4.69) is 177 Å². The lowest BCUT2D eigenvalue weighted by Crippen LogP contribution is -2.04. The van der Waals surface area contributed by atoms with Crippen LogP contribution < -0.4 is 0 Å². The van der Waals surface area contributed by atoms with E-state index in [0.717, 1.165) is 6.42 Å². The van der Waals surface area contributed by atoms with Crippen molar-refractivity contribution in [3.8, 4) is 44.5 Å². The first-order chi connectivity index (χ1) is 26.7. The summed E-state index contributed by atoms with van der Waals surface area (Å²) in [4.78, 5) is 0. The van der Waals surface area contributed by atoms with Crippen LogP contribution in [0.1, 0.15) is 55.6 Å². The van der Waals surface area contributed by atoms with Crippen molar-refractivity contribution in [3.05, 3.63) is 177 Å². The van der Waals surface area contributed by atoms with Crippen LogP contribution in [-0.2, 0) is 6.42 Å². The molecule has 0 saturated carbocycles. The summed E-state index contributed by atoms with van der Waals surface area (Å²) in [7, 11) is 0. The van der Waals surface area contributed by atoms with Crippen LogP contribution in [0.2, 0.25) is 0 Å². The third-order valence-electron chi connectivity index (χ3n) is 13.7.